The van der Waals surface area contributed by atoms with Crippen molar-refractivity contribution < 1.29 is 19.4 Å². The largest absolute Gasteiger partial charge is 0.507 e. The van der Waals surface area contributed by atoms with Gasteiger partial charge in [0, 0.05) is 37.8 Å². The van der Waals surface area contributed by atoms with E-state index in [2.05, 4.69) is 22.2 Å². The zero-order chi connectivity index (χ0) is 22.4. The van der Waals surface area contributed by atoms with Crippen LogP contribution in [0, 0.1) is 0 Å². The summed E-state index contributed by atoms with van der Waals surface area (Å²) in [5.74, 6) is 0.397. The van der Waals surface area contributed by atoms with Crippen LogP contribution in [0.3, 0.4) is 0 Å². The van der Waals surface area contributed by atoms with Crippen molar-refractivity contribution in [1.29, 1.82) is 0 Å². The number of phenols is 1. The molecule has 1 unspecified atom stereocenters. The van der Waals surface area contributed by atoms with Crippen LogP contribution in [0.4, 0.5) is 11.4 Å². The Bertz CT molecular complexity index is 931. The Hall–Kier alpha value is -3.06. The molecule has 0 spiro atoms. The number of ketones is 1. The lowest BCUT2D eigenvalue weighted by atomic mass is 10.0. The second-order valence-corrected chi connectivity index (χ2v) is 7.89. The molecule has 31 heavy (non-hydrogen) atoms. The summed E-state index contributed by atoms with van der Waals surface area (Å²) in [6.07, 6.45) is 2.79. The van der Waals surface area contributed by atoms with Crippen molar-refractivity contribution in [3.05, 3.63) is 47.5 Å². The molecule has 3 rings (SSSR count). The van der Waals surface area contributed by atoms with Gasteiger partial charge in [-0.25, -0.2) is 0 Å². The number of carbonyl (C=O) groups is 2. The third kappa shape index (κ3) is 5.35. The number of nitrogens with zero attached hydrogens (tertiary/aromatic N) is 2. The third-order valence-electron chi connectivity index (χ3n) is 5.78. The van der Waals surface area contributed by atoms with Gasteiger partial charge < -0.3 is 20.1 Å². The Morgan fingerprint density at radius 1 is 1.35 bits per heavy atom. The summed E-state index contributed by atoms with van der Waals surface area (Å²) in [6, 6.07) is 11.4. The zero-order valence-electron chi connectivity index (χ0n) is 18.4. The lowest BCUT2D eigenvalue weighted by Crippen LogP contribution is -2.46. The van der Waals surface area contributed by atoms with E-state index in [-0.39, 0.29) is 17.6 Å². The molecule has 1 aliphatic rings. The molecule has 2 aromatic rings. The molecule has 2 N–H and O–H groups in total. The van der Waals surface area contributed by atoms with Gasteiger partial charge in [0.05, 0.1) is 23.5 Å². The number of anilines is 2. The Kier molecular flexibility index (Phi) is 7.52. The molecular weight excluding hydrogens is 394 g/mol. The lowest BCUT2D eigenvalue weighted by molar-refractivity contribution is -0.105. The quantitative estimate of drug-likeness (QED) is 0.471. The summed E-state index contributed by atoms with van der Waals surface area (Å²) in [5.41, 5.74) is 2.99. The fourth-order valence-corrected chi connectivity index (χ4v) is 4.20. The van der Waals surface area contributed by atoms with Crippen LogP contribution in [0.1, 0.15) is 42.6 Å². The molecule has 1 amide bonds. The van der Waals surface area contributed by atoms with Crippen LogP contribution in [-0.2, 0) is 11.3 Å². The first-order valence-electron chi connectivity index (χ1n) is 10.7. The molecule has 1 heterocycles. The molecule has 2 aromatic carbocycles. The molecule has 7 heteroatoms. The number of phenolic OH excluding ortho intramolecular Hbond substituents is 1. The SMILES string of the molecule is CCOc1cc(O)c(C(C)=O)cc1CN1CCCC(N(C)c2ccccc2NC=O)C1. The third-order valence-corrected chi connectivity index (χ3v) is 5.78. The number of Topliss-reactive ketones (excluding diaryl/α,β-unsaturated/α-hetero) is 1. The topological polar surface area (TPSA) is 82.1 Å². The molecule has 0 aliphatic carbocycles. The minimum absolute atomic E-state index is 0.0461. The summed E-state index contributed by atoms with van der Waals surface area (Å²) in [6.45, 7) is 6.26. The number of hydrogen-bond acceptors (Lipinski definition) is 6. The molecule has 1 fully saturated rings. The zero-order valence-corrected chi connectivity index (χ0v) is 18.4. The standard InChI is InChI=1S/C24H31N3O4/c1-4-31-24-13-23(30)20(17(2)29)12-18(24)14-27-11-7-8-19(15-27)26(3)22-10-6-5-9-21(22)25-16-28/h5-6,9-10,12-13,16,19,30H,4,7-8,11,14-15H2,1-3H3,(H,25,28). The average Bonchev–Trinajstić information content (AvgIpc) is 2.76. The molecule has 1 atom stereocenters. The first-order chi connectivity index (χ1) is 14.9. The minimum atomic E-state index is -0.169. The second kappa shape index (κ2) is 10.3. The van der Waals surface area contributed by atoms with E-state index in [1.807, 2.05) is 31.2 Å². The van der Waals surface area contributed by atoms with Gasteiger partial charge in [0.15, 0.2) is 5.78 Å². The second-order valence-electron chi connectivity index (χ2n) is 7.89. The van der Waals surface area contributed by atoms with E-state index in [1.165, 1.54) is 6.92 Å². The summed E-state index contributed by atoms with van der Waals surface area (Å²) < 4.78 is 5.73. The predicted molar refractivity (Wildman–Crippen MR) is 122 cm³/mol. The van der Waals surface area contributed by atoms with Gasteiger partial charge in [-0.2, -0.15) is 0 Å². The lowest BCUT2D eigenvalue weighted by Gasteiger charge is -2.39. The number of likely N-dealkylation sites (tertiary alicyclic amines) is 1. The van der Waals surface area contributed by atoms with Crippen LogP contribution in [0.5, 0.6) is 11.5 Å². The number of amides is 1. The van der Waals surface area contributed by atoms with Crippen LogP contribution in [0.25, 0.3) is 0 Å². The van der Waals surface area contributed by atoms with Gasteiger partial charge in [-0.15, -0.1) is 0 Å². The number of para-hydroxylation sites is 2. The normalized spacial score (nSPS) is 16.5. The highest BCUT2D eigenvalue weighted by atomic mass is 16.5. The number of ether oxygens (including phenoxy) is 1. The number of aromatic hydroxyl groups is 1. The number of carbonyl (C=O) groups excluding carboxylic acids is 2. The smallest absolute Gasteiger partial charge is 0.211 e. The van der Waals surface area contributed by atoms with Gasteiger partial charge >= 0.3 is 0 Å². The van der Waals surface area contributed by atoms with Gasteiger partial charge in [-0.05, 0) is 51.4 Å². The number of piperidine rings is 1. The van der Waals surface area contributed by atoms with Crippen LogP contribution in [-0.4, -0.2) is 55.0 Å². The molecule has 7 nitrogen and oxygen atoms in total. The number of rotatable bonds is 9. The number of nitrogens with one attached hydrogen (secondary N) is 1. The average molecular weight is 426 g/mol. The van der Waals surface area contributed by atoms with Crippen LogP contribution in [0.2, 0.25) is 0 Å². The van der Waals surface area contributed by atoms with E-state index < -0.39 is 0 Å². The number of benzene rings is 2. The van der Waals surface area contributed by atoms with Gasteiger partial charge in [0.25, 0.3) is 0 Å². The summed E-state index contributed by atoms with van der Waals surface area (Å²) in [5, 5.41) is 13.0. The first-order valence-corrected chi connectivity index (χ1v) is 10.7. The van der Waals surface area contributed by atoms with Crippen molar-refractivity contribution in [2.75, 3.05) is 37.0 Å². The van der Waals surface area contributed by atoms with E-state index in [0.29, 0.717) is 30.9 Å². The van der Waals surface area contributed by atoms with E-state index in [0.717, 1.165) is 42.9 Å². The van der Waals surface area contributed by atoms with E-state index in [1.54, 1.807) is 12.1 Å². The maximum absolute atomic E-state index is 11.9. The summed E-state index contributed by atoms with van der Waals surface area (Å²) in [7, 11) is 2.06. The maximum atomic E-state index is 11.9. The highest BCUT2D eigenvalue weighted by Crippen LogP contribution is 2.32. The molecule has 1 saturated heterocycles. The van der Waals surface area contributed by atoms with E-state index in [9.17, 15) is 14.7 Å². The fraction of sp³-hybridized carbons (Fsp3) is 0.417. The summed E-state index contributed by atoms with van der Waals surface area (Å²) in [4.78, 5) is 27.5. The van der Waals surface area contributed by atoms with Crippen LogP contribution in [0.15, 0.2) is 36.4 Å². The molecule has 0 aromatic heterocycles. The fourth-order valence-electron chi connectivity index (χ4n) is 4.20. The van der Waals surface area contributed by atoms with Crippen molar-refractivity contribution in [2.24, 2.45) is 0 Å². The van der Waals surface area contributed by atoms with E-state index >= 15 is 0 Å². The number of hydrogen-bond donors (Lipinski definition) is 2. The Balaban J connectivity index is 1.79. The van der Waals surface area contributed by atoms with Gasteiger partial charge in [0.2, 0.25) is 6.41 Å². The van der Waals surface area contributed by atoms with Crippen molar-refractivity contribution in [2.45, 2.75) is 39.3 Å². The molecule has 0 saturated carbocycles. The highest BCUT2D eigenvalue weighted by molar-refractivity contribution is 5.97. The van der Waals surface area contributed by atoms with Crippen molar-refractivity contribution in [1.82, 2.24) is 4.90 Å². The molecule has 0 bridgehead atoms. The van der Waals surface area contributed by atoms with Gasteiger partial charge in [-0.1, -0.05) is 12.1 Å². The Labute approximate surface area is 183 Å². The molecular formula is C24H31N3O4. The maximum Gasteiger partial charge on any atom is 0.211 e. The van der Waals surface area contributed by atoms with Crippen molar-refractivity contribution in [3.8, 4) is 11.5 Å². The van der Waals surface area contributed by atoms with E-state index in [4.69, 9.17) is 4.74 Å². The van der Waals surface area contributed by atoms with Crippen LogP contribution < -0.4 is 15.0 Å². The summed E-state index contributed by atoms with van der Waals surface area (Å²) >= 11 is 0. The molecule has 166 valence electrons. The highest BCUT2D eigenvalue weighted by Gasteiger charge is 2.26. The monoisotopic (exact) mass is 425 g/mol. The van der Waals surface area contributed by atoms with Crippen LogP contribution >= 0.6 is 0 Å². The molecule has 0 radical (unpaired) electrons. The van der Waals surface area contributed by atoms with Gasteiger partial charge in [-0.3, -0.25) is 14.5 Å². The van der Waals surface area contributed by atoms with Crippen molar-refractivity contribution >= 4 is 23.6 Å². The van der Waals surface area contributed by atoms with Gasteiger partial charge in [0.1, 0.15) is 11.5 Å². The van der Waals surface area contributed by atoms with Crippen molar-refractivity contribution in [3.63, 3.8) is 0 Å². The number of likely N-dealkylation sites (N-methyl/N-ethyl adjacent to an activating group) is 1. The Morgan fingerprint density at radius 3 is 2.84 bits per heavy atom. The molecule has 1 aliphatic heterocycles. The Morgan fingerprint density at radius 2 is 2.13 bits per heavy atom. The minimum Gasteiger partial charge on any atom is -0.507 e. The predicted octanol–water partition coefficient (Wildman–Crippen LogP) is 3.66. The first kappa shape index (κ1) is 22.6.